The molecule has 96 valence electrons. The number of hydrogen-bond donors (Lipinski definition) is 1. The van der Waals surface area contributed by atoms with Gasteiger partial charge in [0.1, 0.15) is 0 Å². The Morgan fingerprint density at radius 3 is 2.12 bits per heavy atom. The standard InChI is InChI=1S/C13H27NO2/c1-11(14-10-13(15-2)16-3)12-8-6-4-5-7-9-12/h11-14H,4-10H2,1-3H3/t11-/m1/s1. The number of rotatable bonds is 6. The monoisotopic (exact) mass is 229 g/mol. The molecule has 0 radical (unpaired) electrons. The van der Waals surface area contributed by atoms with Crippen LogP contribution in [0.5, 0.6) is 0 Å². The van der Waals surface area contributed by atoms with Gasteiger partial charge >= 0.3 is 0 Å². The van der Waals surface area contributed by atoms with Gasteiger partial charge in [0.05, 0.1) is 0 Å². The van der Waals surface area contributed by atoms with Crippen molar-refractivity contribution in [1.29, 1.82) is 0 Å². The van der Waals surface area contributed by atoms with Crippen LogP contribution < -0.4 is 5.32 Å². The molecule has 1 aliphatic carbocycles. The van der Waals surface area contributed by atoms with Crippen molar-refractivity contribution in [3.8, 4) is 0 Å². The van der Waals surface area contributed by atoms with Crippen LogP contribution in [-0.2, 0) is 9.47 Å². The van der Waals surface area contributed by atoms with Crippen molar-refractivity contribution < 1.29 is 9.47 Å². The summed E-state index contributed by atoms with van der Waals surface area (Å²) in [6, 6.07) is 0.575. The highest BCUT2D eigenvalue weighted by Crippen LogP contribution is 2.25. The summed E-state index contributed by atoms with van der Waals surface area (Å²) in [6.07, 6.45) is 8.26. The molecule has 0 aromatic carbocycles. The number of ether oxygens (including phenoxy) is 2. The fraction of sp³-hybridized carbons (Fsp3) is 1.00. The third-order valence-corrected chi connectivity index (χ3v) is 3.74. The van der Waals surface area contributed by atoms with Crippen LogP contribution in [0, 0.1) is 5.92 Å². The summed E-state index contributed by atoms with van der Waals surface area (Å²) in [4.78, 5) is 0. The van der Waals surface area contributed by atoms with Crippen LogP contribution in [-0.4, -0.2) is 33.1 Å². The summed E-state index contributed by atoms with van der Waals surface area (Å²) >= 11 is 0. The SMILES string of the molecule is COC(CN[C@H](C)C1CCCCCC1)OC. The van der Waals surface area contributed by atoms with Crippen LogP contribution in [0.3, 0.4) is 0 Å². The maximum atomic E-state index is 5.18. The molecule has 1 rings (SSSR count). The molecule has 1 saturated carbocycles. The molecule has 3 heteroatoms. The van der Waals surface area contributed by atoms with Crippen LogP contribution in [0.2, 0.25) is 0 Å². The molecule has 0 aliphatic heterocycles. The Bertz CT molecular complexity index is 163. The van der Waals surface area contributed by atoms with Crippen molar-refractivity contribution in [2.45, 2.75) is 57.8 Å². The van der Waals surface area contributed by atoms with Crippen molar-refractivity contribution in [2.75, 3.05) is 20.8 Å². The Labute approximate surface area is 99.9 Å². The highest BCUT2D eigenvalue weighted by molar-refractivity contribution is 4.75. The number of nitrogens with one attached hydrogen (secondary N) is 1. The summed E-state index contributed by atoms with van der Waals surface area (Å²) in [6.45, 7) is 3.07. The molecule has 1 fully saturated rings. The first-order valence-corrected chi connectivity index (χ1v) is 6.57. The van der Waals surface area contributed by atoms with Crippen LogP contribution in [0.15, 0.2) is 0 Å². The molecule has 1 atom stereocenters. The fourth-order valence-corrected chi connectivity index (χ4v) is 2.52. The molecule has 0 amide bonds. The van der Waals surface area contributed by atoms with E-state index in [1.54, 1.807) is 14.2 Å². The second-order valence-electron chi connectivity index (χ2n) is 4.85. The Morgan fingerprint density at radius 2 is 1.62 bits per heavy atom. The maximum Gasteiger partial charge on any atom is 0.169 e. The lowest BCUT2D eigenvalue weighted by Crippen LogP contribution is -2.39. The average Bonchev–Trinajstić information content (AvgIpc) is 2.58. The lowest BCUT2D eigenvalue weighted by Gasteiger charge is -2.25. The zero-order valence-corrected chi connectivity index (χ0v) is 11.0. The summed E-state index contributed by atoms with van der Waals surface area (Å²) in [5.41, 5.74) is 0. The molecular weight excluding hydrogens is 202 g/mol. The normalized spacial score (nSPS) is 21.0. The van der Waals surface area contributed by atoms with Gasteiger partial charge in [-0.05, 0) is 25.7 Å². The highest BCUT2D eigenvalue weighted by atomic mass is 16.7. The molecule has 16 heavy (non-hydrogen) atoms. The minimum absolute atomic E-state index is 0.117. The van der Waals surface area contributed by atoms with Crippen molar-refractivity contribution in [2.24, 2.45) is 5.92 Å². The van der Waals surface area contributed by atoms with Gasteiger partial charge in [0.25, 0.3) is 0 Å². The predicted molar refractivity (Wildman–Crippen MR) is 66.5 cm³/mol. The second kappa shape index (κ2) is 8.04. The van der Waals surface area contributed by atoms with Gasteiger partial charge in [0, 0.05) is 26.8 Å². The van der Waals surface area contributed by atoms with Gasteiger partial charge in [0.15, 0.2) is 6.29 Å². The largest absolute Gasteiger partial charge is 0.355 e. The molecular formula is C13H27NO2. The van der Waals surface area contributed by atoms with Crippen molar-refractivity contribution in [3.05, 3.63) is 0 Å². The van der Waals surface area contributed by atoms with Gasteiger partial charge < -0.3 is 14.8 Å². The minimum atomic E-state index is -0.117. The van der Waals surface area contributed by atoms with E-state index in [2.05, 4.69) is 12.2 Å². The Balaban J connectivity index is 2.24. The Kier molecular flexibility index (Phi) is 7.01. The average molecular weight is 229 g/mol. The van der Waals surface area contributed by atoms with Gasteiger partial charge in [-0.15, -0.1) is 0 Å². The molecule has 1 aliphatic rings. The van der Waals surface area contributed by atoms with Crippen LogP contribution in [0.25, 0.3) is 0 Å². The van der Waals surface area contributed by atoms with E-state index in [1.165, 1.54) is 38.5 Å². The first kappa shape index (κ1) is 13.9. The first-order chi connectivity index (χ1) is 7.77. The van der Waals surface area contributed by atoms with Gasteiger partial charge in [-0.1, -0.05) is 25.7 Å². The minimum Gasteiger partial charge on any atom is -0.355 e. The van der Waals surface area contributed by atoms with Gasteiger partial charge in [-0.25, -0.2) is 0 Å². The van der Waals surface area contributed by atoms with Crippen molar-refractivity contribution in [1.82, 2.24) is 5.32 Å². The van der Waals surface area contributed by atoms with Crippen LogP contribution in [0.4, 0.5) is 0 Å². The highest BCUT2D eigenvalue weighted by Gasteiger charge is 2.19. The molecule has 0 spiro atoms. The summed E-state index contributed by atoms with van der Waals surface area (Å²) < 4.78 is 10.4. The van der Waals surface area contributed by atoms with E-state index in [9.17, 15) is 0 Å². The van der Waals surface area contributed by atoms with Gasteiger partial charge in [-0.2, -0.15) is 0 Å². The molecule has 0 heterocycles. The third kappa shape index (κ3) is 4.81. The van der Waals surface area contributed by atoms with Gasteiger partial charge in [-0.3, -0.25) is 0 Å². The second-order valence-corrected chi connectivity index (χ2v) is 4.85. The summed E-state index contributed by atoms with van der Waals surface area (Å²) in [5, 5.41) is 3.53. The number of hydrogen-bond acceptors (Lipinski definition) is 3. The van der Waals surface area contributed by atoms with Crippen molar-refractivity contribution >= 4 is 0 Å². The van der Waals surface area contributed by atoms with Crippen LogP contribution in [0.1, 0.15) is 45.4 Å². The third-order valence-electron chi connectivity index (χ3n) is 3.74. The molecule has 0 aromatic rings. The molecule has 1 N–H and O–H groups in total. The lowest BCUT2D eigenvalue weighted by atomic mass is 9.93. The smallest absolute Gasteiger partial charge is 0.169 e. The fourth-order valence-electron chi connectivity index (χ4n) is 2.52. The maximum absolute atomic E-state index is 5.18. The topological polar surface area (TPSA) is 30.5 Å². The first-order valence-electron chi connectivity index (χ1n) is 6.57. The lowest BCUT2D eigenvalue weighted by molar-refractivity contribution is -0.100. The number of methoxy groups -OCH3 is 2. The molecule has 0 saturated heterocycles. The Morgan fingerprint density at radius 1 is 1.06 bits per heavy atom. The molecule has 0 aromatic heterocycles. The Hall–Kier alpha value is -0.120. The molecule has 0 unspecified atom stereocenters. The van der Waals surface area contributed by atoms with E-state index in [4.69, 9.17) is 9.47 Å². The van der Waals surface area contributed by atoms with E-state index in [0.29, 0.717) is 6.04 Å². The molecule has 0 bridgehead atoms. The van der Waals surface area contributed by atoms with E-state index in [-0.39, 0.29) is 6.29 Å². The predicted octanol–water partition coefficient (Wildman–Crippen LogP) is 2.55. The van der Waals surface area contributed by atoms with E-state index >= 15 is 0 Å². The molecule has 3 nitrogen and oxygen atoms in total. The zero-order valence-electron chi connectivity index (χ0n) is 11.0. The van der Waals surface area contributed by atoms with Crippen molar-refractivity contribution in [3.63, 3.8) is 0 Å². The van der Waals surface area contributed by atoms with E-state index in [1.807, 2.05) is 0 Å². The zero-order chi connectivity index (χ0) is 11.8. The van der Waals surface area contributed by atoms with E-state index in [0.717, 1.165) is 12.5 Å². The quantitative estimate of drug-likeness (QED) is 0.561. The van der Waals surface area contributed by atoms with Crippen LogP contribution >= 0.6 is 0 Å². The summed E-state index contributed by atoms with van der Waals surface area (Å²) in [5.74, 6) is 0.830. The summed E-state index contributed by atoms with van der Waals surface area (Å²) in [7, 11) is 3.37. The van der Waals surface area contributed by atoms with E-state index < -0.39 is 0 Å². The van der Waals surface area contributed by atoms with Gasteiger partial charge in [0.2, 0.25) is 0 Å².